The number of alkyl halides is 5. The fourth-order valence-electron chi connectivity index (χ4n) is 0.666. The van der Waals surface area contributed by atoms with Crippen molar-refractivity contribution in [3.05, 3.63) is 0 Å². The van der Waals surface area contributed by atoms with E-state index in [9.17, 15) is 26.7 Å². The summed E-state index contributed by atoms with van der Waals surface area (Å²) in [6.07, 6.45) is -8.32. The zero-order valence-corrected chi connectivity index (χ0v) is 11.0. The fraction of sp³-hybridized carbons (Fsp3) is 0.800. The van der Waals surface area contributed by atoms with Crippen molar-refractivity contribution in [2.24, 2.45) is 5.73 Å². The zero-order chi connectivity index (χ0) is 16.7. The molecule has 0 aromatic carbocycles. The van der Waals surface area contributed by atoms with E-state index in [2.05, 4.69) is 0 Å². The van der Waals surface area contributed by atoms with Crippen LogP contribution in [0.3, 0.4) is 0 Å². The molecule has 0 aromatic heterocycles. The van der Waals surface area contributed by atoms with Crippen LogP contribution in [0, 0.1) is 0 Å². The van der Waals surface area contributed by atoms with Crippen LogP contribution in [0.1, 0.15) is 27.2 Å². The van der Waals surface area contributed by atoms with Crippen LogP contribution in [0.4, 0.5) is 22.0 Å². The van der Waals surface area contributed by atoms with E-state index < -0.39 is 42.6 Å². The fourth-order valence-corrected chi connectivity index (χ4v) is 0.666. The maximum Gasteiger partial charge on any atom is 0.490 e. The van der Waals surface area contributed by atoms with Gasteiger partial charge in [-0.1, -0.05) is 0 Å². The number of halogens is 5. The van der Waals surface area contributed by atoms with Crippen LogP contribution in [0.25, 0.3) is 0 Å². The SMILES string of the molecule is CC(C)(C)OC(=O)[C@@H](N)CC(F)F.O=C(O)C(F)(F)F. The Morgan fingerprint density at radius 1 is 1.20 bits per heavy atom. The van der Waals surface area contributed by atoms with Crippen molar-refractivity contribution in [2.75, 3.05) is 0 Å². The van der Waals surface area contributed by atoms with Crippen molar-refractivity contribution < 1.29 is 41.4 Å². The normalized spacial score (nSPS) is 13.3. The summed E-state index contributed by atoms with van der Waals surface area (Å²) in [4.78, 5) is 19.9. The molecule has 0 aliphatic heterocycles. The van der Waals surface area contributed by atoms with Gasteiger partial charge >= 0.3 is 18.1 Å². The molecule has 0 saturated heterocycles. The summed E-state index contributed by atoms with van der Waals surface area (Å²) in [6.45, 7) is 4.96. The molecule has 0 spiro atoms. The highest BCUT2D eigenvalue weighted by Gasteiger charge is 2.38. The number of esters is 1. The van der Waals surface area contributed by atoms with Gasteiger partial charge in [0.25, 0.3) is 0 Å². The van der Waals surface area contributed by atoms with Gasteiger partial charge in [0.15, 0.2) is 0 Å². The highest BCUT2D eigenvalue weighted by molar-refractivity contribution is 5.75. The Bertz CT molecular complexity index is 325. The van der Waals surface area contributed by atoms with Crippen LogP contribution in [0.5, 0.6) is 0 Å². The van der Waals surface area contributed by atoms with Crippen LogP contribution in [-0.2, 0) is 14.3 Å². The molecule has 0 amide bonds. The summed E-state index contributed by atoms with van der Waals surface area (Å²) in [5, 5.41) is 7.12. The number of carboxylic acids is 1. The number of ether oxygens (including phenoxy) is 1. The quantitative estimate of drug-likeness (QED) is 0.614. The van der Waals surface area contributed by atoms with Crippen LogP contribution >= 0.6 is 0 Å². The maximum absolute atomic E-state index is 11.8. The minimum Gasteiger partial charge on any atom is -0.475 e. The lowest BCUT2D eigenvalue weighted by molar-refractivity contribution is -0.192. The first-order chi connectivity index (χ1) is 8.66. The smallest absolute Gasteiger partial charge is 0.475 e. The largest absolute Gasteiger partial charge is 0.490 e. The lowest BCUT2D eigenvalue weighted by atomic mass is 10.1. The molecular formula is C10H16F5NO4. The summed E-state index contributed by atoms with van der Waals surface area (Å²) in [7, 11) is 0. The van der Waals surface area contributed by atoms with E-state index in [0.29, 0.717) is 0 Å². The van der Waals surface area contributed by atoms with Gasteiger partial charge in [0.1, 0.15) is 11.6 Å². The van der Waals surface area contributed by atoms with Gasteiger partial charge in [0.2, 0.25) is 6.43 Å². The first-order valence-corrected chi connectivity index (χ1v) is 5.23. The number of hydrogen-bond donors (Lipinski definition) is 2. The van der Waals surface area contributed by atoms with Crippen molar-refractivity contribution in [1.82, 2.24) is 0 Å². The van der Waals surface area contributed by atoms with Crippen LogP contribution in [-0.4, -0.2) is 41.3 Å². The van der Waals surface area contributed by atoms with Crippen molar-refractivity contribution in [3.63, 3.8) is 0 Å². The van der Waals surface area contributed by atoms with Gasteiger partial charge in [-0.25, -0.2) is 13.6 Å². The molecule has 20 heavy (non-hydrogen) atoms. The maximum atomic E-state index is 11.8. The third kappa shape index (κ3) is 13.0. The molecule has 0 aromatic rings. The molecule has 0 radical (unpaired) electrons. The molecule has 0 aliphatic rings. The monoisotopic (exact) mass is 309 g/mol. The number of rotatable bonds is 3. The standard InChI is InChI=1S/C8H15F2NO2.C2HF3O2/c1-8(2,3)13-7(12)5(11)4-6(9)10;3-2(4,5)1(6)7/h5-6H,4,11H2,1-3H3;(H,6,7)/t5-;/m0./s1. The number of nitrogens with two attached hydrogens (primary N) is 1. The number of carbonyl (C=O) groups is 2. The molecule has 0 aliphatic carbocycles. The molecule has 5 nitrogen and oxygen atoms in total. The van der Waals surface area contributed by atoms with E-state index in [-0.39, 0.29) is 0 Å². The van der Waals surface area contributed by atoms with Crippen LogP contribution < -0.4 is 5.73 Å². The Morgan fingerprint density at radius 2 is 1.55 bits per heavy atom. The average Bonchev–Trinajstić information content (AvgIpc) is 2.12. The minimum atomic E-state index is -5.08. The van der Waals surface area contributed by atoms with Gasteiger partial charge in [-0.3, -0.25) is 4.79 Å². The molecule has 0 saturated carbocycles. The van der Waals surface area contributed by atoms with E-state index in [1.54, 1.807) is 20.8 Å². The van der Waals surface area contributed by atoms with Gasteiger partial charge in [-0.05, 0) is 20.8 Å². The highest BCUT2D eigenvalue weighted by atomic mass is 19.4. The summed E-state index contributed by atoms with van der Waals surface area (Å²) in [5.41, 5.74) is 4.49. The van der Waals surface area contributed by atoms with E-state index in [4.69, 9.17) is 20.4 Å². The number of aliphatic carboxylic acids is 1. The summed E-state index contributed by atoms with van der Waals surface area (Å²) in [5.74, 6) is -3.54. The number of carboxylic acid groups (broad SMARTS) is 1. The summed E-state index contributed by atoms with van der Waals surface area (Å²) >= 11 is 0. The molecule has 3 N–H and O–H groups in total. The Morgan fingerprint density at radius 3 is 1.75 bits per heavy atom. The van der Waals surface area contributed by atoms with Crippen LogP contribution in [0.2, 0.25) is 0 Å². The van der Waals surface area contributed by atoms with Gasteiger partial charge in [0.05, 0.1) is 0 Å². The van der Waals surface area contributed by atoms with Gasteiger partial charge in [0, 0.05) is 6.42 Å². The second-order valence-electron chi connectivity index (χ2n) is 4.57. The molecule has 0 rings (SSSR count). The first kappa shape index (κ1) is 20.9. The van der Waals surface area contributed by atoms with Crippen molar-refractivity contribution in [1.29, 1.82) is 0 Å². The zero-order valence-electron chi connectivity index (χ0n) is 11.0. The highest BCUT2D eigenvalue weighted by Crippen LogP contribution is 2.13. The van der Waals surface area contributed by atoms with Gasteiger partial charge in [-0.15, -0.1) is 0 Å². The predicted molar refractivity (Wildman–Crippen MR) is 58.1 cm³/mol. The predicted octanol–water partition coefficient (Wildman–Crippen LogP) is 1.94. The summed E-state index contributed by atoms with van der Waals surface area (Å²) < 4.78 is 60.1. The van der Waals surface area contributed by atoms with Crippen LogP contribution in [0.15, 0.2) is 0 Å². The van der Waals surface area contributed by atoms with Gasteiger partial charge < -0.3 is 15.6 Å². The average molecular weight is 309 g/mol. The second-order valence-corrected chi connectivity index (χ2v) is 4.57. The third-order valence-electron chi connectivity index (χ3n) is 1.38. The van der Waals surface area contributed by atoms with E-state index in [1.807, 2.05) is 0 Å². The van der Waals surface area contributed by atoms with E-state index >= 15 is 0 Å². The van der Waals surface area contributed by atoms with Crippen molar-refractivity contribution in [2.45, 2.75) is 51.4 Å². The third-order valence-corrected chi connectivity index (χ3v) is 1.38. The molecular weight excluding hydrogens is 293 g/mol. The Hall–Kier alpha value is -1.45. The molecule has 1 atom stereocenters. The molecule has 10 heteroatoms. The summed E-state index contributed by atoms with van der Waals surface area (Å²) in [6, 6.07) is -1.24. The minimum absolute atomic E-state index is 0.658. The second kappa shape index (κ2) is 7.98. The topological polar surface area (TPSA) is 89.6 Å². The first-order valence-electron chi connectivity index (χ1n) is 5.23. The molecule has 0 bridgehead atoms. The Balaban J connectivity index is 0. The molecule has 0 unspecified atom stereocenters. The Labute approximate surface area is 111 Å². The van der Waals surface area contributed by atoms with Crippen molar-refractivity contribution >= 4 is 11.9 Å². The number of hydrogen-bond acceptors (Lipinski definition) is 4. The van der Waals surface area contributed by atoms with E-state index in [1.165, 1.54) is 0 Å². The lowest BCUT2D eigenvalue weighted by Crippen LogP contribution is -2.38. The van der Waals surface area contributed by atoms with Crippen molar-refractivity contribution in [3.8, 4) is 0 Å². The number of carbonyl (C=O) groups excluding carboxylic acids is 1. The lowest BCUT2D eigenvalue weighted by Gasteiger charge is -2.21. The Kier molecular flexibility index (Phi) is 8.32. The molecule has 120 valence electrons. The molecule has 0 heterocycles. The van der Waals surface area contributed by atoms with Gasteiger partial charge in [-0.2, -0.15) is 13.2 Å². The molecule has 0 fully saturated rings. The van der Waals surface area contributed by atoms with E-state index in [0.717, 1.165) is 0 Å².